The third-order valence-corrected chi connectivity index (χ3v) is 2.96. The number of ether oxygens (including phenoxy) is 1. The summed E-state index contributed by atoms with van der Waals surface area (Å²) in [7, 11) is 0. The number of morpholine rings is 1. The van der Waals surface area contributed by atoms with Gasteiger partial charge in [-0.3, -0.25) is 9.69 Å². The highest BCUT2D eigenvalue weighted by Gasteiger charge is 2.19. The highest BCUT2D eigenvalue weighted by Crippen LogP contribution is 2.17. The molecular weight excluding hydrogens is 249 g/mol. The van der Waals surface area contributed by atoms with Crippen LogP contribution in [0.15, 0.2) is 18.2 Å². The van der Waals surface area contributed by atoms with Gasteiger partial charge in [0.2, 0.25) is 5.91 Å². The van der Waals surface area contributed by atoms with Crippen molar-refractivity contribution in [2.75, 3.05) is 37.3 Å². The number of nitrogens with one attached hydrogen (secondary N) is 1. The van der Waals surface area contributed by atoms with Crippen LogP contribution in [0.1, 0.15) is 6.92 Å². The molecule has 0 aliphatic carbocycles. The average molecular weight is 267 g/mol. The highest BCUT2D eigenvalue weighted by atomic mass is 19.1. The van der Waals surface area contributed by atoms with Gasteiger partial charge in [-0.2, -0.15) is 0 Å². The molecule has 3 N–H and O–H groups in total. The van der Waals surface area contributed by atoms with Gasteiger partial charge < -0.3 is 15.8 Å². The molecule has 1 fully saturated rings. The van der Waals surface area contributed by atoms with Gasteiger partial charge in [-0.05, 0) is 25.1 Å². The molecule has 19 heavy (non-hydrogen) atoms. The van der Waals surface area contributed by atoms with Crippen LogP contribution >= 0.6 is 0 Å². The molecule has 0 saturated carbocycles. The van der Waals surface area contributed by atoms with Crippen LogP contribution in [0.5, 0.6) is 0 Å². The molecule has 1 aliphatic rings. The SMILES string of the molecule is CC1CN(CC(=O)Nc2cc(N)ccc2F)CCO1. The maximum atomic E-state index is 13.5. The third kappa shape index (κ3) is 3.90. The Morgan fingerprint density at radius 3 is 3.16 bits per heavy atom. The predicted octanol–water partition coefficient (Wildman–Crippen LogP) is 1.07. The first kappa shape index (κ1) is 13.8. The molecule has 1 amide bonds. The number of hydrogen-bond acceptors (Lipinski definition) is 4. The van der Waals surface area contributed by atoms with Gasteiger partial charge in [0, 0.05) is 18.8 Å². The van der Waals surface area contributed by atoms with Crippen LogP contribution in [0.2, 0.25) is 0 Å². The Labute approximate surface area is 111 Å². The number of nitrogen functional groups attached to an aromatic ring is 1. The van der Waals surface area contributed by atoms with Crippen LogP contribution in [0.25, 0.3) is 0 Å². The minimum absolute atomic E-state index is 0.116. The zero-order valence-electron chi connectivity index (χ0n) is 10.9. The standard InChI is InChI=1S/C13H18FN3O2/c1-9-7-17(4-5-19-9)8-13(18)16-12-6-10(15)2-3-11(12)14/h2-3,6,9H,4-5,7-8,15H2,1H3,(H,16,18). The fourth-order valence-electron chi connectivity index (χ4n) is 2.07. The summed E-state index contributed by atoms with van der Waals surface area (Å²) in [6, 6.07) is 4.10. The third-order valence-electron chi connectivity index (χ3n) is 2.96. The van der Waals surface area contributed by atoms with E-state index in [0.29, 0.717) is 25.4 Å². The zero-order chi connectivity index (χ0) is 13.8. The van der Waals surface area contributed by atoms with Gasteiger partial charge in [0.1, 0.15) is 5.82 Å². The number of halogens is 1. The van der Waals surface area contributed by atoms with Gasteiger partial charge in [-0.25, -0.2) is 4.39 Å². The average Bonchev–Trinajstić information content (AvgIpc) is 2.34. The number of nitrogens with zero attached hydrogens (tertiary/aromatic N) is 1. The van der Waals surface area contributed by atoms with Crippen LogP contribution in [0, 0.1) is 5.82 Å². The molecule has 2 rings (SSSR count). The number of benzene rings is 1. The smallest absolute Gasteiger partial charge is 0.238 e. The fraction of sp³-hybridized carbons (Fsp3) is 0.462. The summed E-state index contributed by atoms with van der Waals surface area (Å²) in [6.45, 7) is 4.20. The lowest BCUT2D eigenvalue weighted by Crippen LogP contribution is -2.44. The van der Waals surface area contributed by atoms with Gasteiger partial charge in [-0.15, -0.1) is 0 Å². The quantitative estimate of drug-likeness (QED) is 0.804. The molecule has 0 radical (unpaired) electrons. The van der Waals surface area contributed by atoms with E-state index in [1.54, 1.807) is 0 Å². The molecule has 1 heterocycles. The Kier molecular flexibility index (Phi) is 4.34. The minimum atomic E-state index is -0.488. The lowest BCUT2D eigenvalue weighted by Gasteiger charge is -2.30. The van der Waals surface area contributed by atoms with E-state index in [9.17, 15) is 9.18 Å². The summed E-state index contributed by atoms with van der Waals surface area (Å²) in [5, 5.41) is 2.54. The molecule has 1 atom stereocenters. The van der Waals surface area contributed by atoms with Gasteiger partial charge in [-0.1, -0.05) is 0 Å². The topological polar surface area (TPSA) is 67.6 Å². The number of hydrogen-bond donors (Lipinski definition) is 2. The molecule has 5 nitrogen and oxygen atoms in total. The first-order valence-corrected chi connectivity index (χ1v) is 6.23. The molecule has 0 bridgehead atoms. The lowest BCUT2D eigenvalue weighted by molar-refractivity contribution is -0.119. The maximum Gasteiger partial charge on any atom is 0.238 e. The maximum absolute atomic E-state index is 13.5. The molecule has 104 valence electrons. The molecule has 1 aliphatic heterocycles. The first-order chi connectivity index (χ1) is 9.04. The Bertz CT molecular complexity index is 467. The van der Waals surface area contributed by atoms with E-state index < -0.39 is 5.82 Å². The second-order valence-electron chi connectivity index (χ2n) is 4.70. The van der Waals surface area contributed by atoms with Crippen molar-refractivity contribution in [3.8, 4) is 0 Å². The molecule has 0 spiro atoms. The fourth-order valence-corrected chi connectivity index (χ4v) is 2.07. The molecule has 1 unspecified atom stereocenters. The second-order valence-corrected chi connectivity index (χ2v) is 4.70. The van der Waals surface area contributed by atoms with Crippen molar-refractivity contribution in [1.29, 1.82) is 0 Å². The van der Waals surface area contributed by atoms with Crippen LogP contribution in [-0.4, -0.2) is 43.2 Å². The van der Waals surface area contributed by atoms with Crippen molar-refractivity contribution in [3.63, 3.8) is 0 Å². The Morgan fingerprint density at radius 2 is 2.42 bits per heavy atom. The van der Waals surface area contributed by atoms with E-state index in [4.69, 9.17) is 10.5 Å². The normalized spacial score (nSPS) is 20.2. The van der Waals surface area contributed by atoms with Crippen molar-refractivity contribution >= 4 is 17.3 Å². The number of rotatable bonds is 3. The van der Waals surface area contributed by atoms with Gasteiger partial charge in [0.05, 0.1) is 24.9 Å². The summed E-state index contributed by atoms with van der Waals surface area (Å²) in [5.41, 5.74) is 6.09. The van der Waals surface area contributed by atoms with Gasteiger partial charge in [0.15, 0.2) is 0 Å². The largest absolute Gasteiger partial charge is 0.399 e. The van der Waals surface area contributed by atoms with E-state index in [-0.39, 0.29) is 24.2 Å². The van der Waals surface area contributed by atoms with E-state index in [1.807, 2.05) is 11.8 Å². The molecule has 0 aromatic heterocycles. The van der Waals surface area contributed by atoms with Crippen LogP contribution in [-0.2, 0) is 9.53 Å². The van der Waals surface area contributed by atoms with Crippen molar-refractivity contribution in [2.45, 2.75) is 13.0 Å². The second kappa shape index (κ2) is 5.99. The van der Waals surface area contributed by atoms with Crippen molar-refractivity contribution in [1.82, 2.24) is 4.90 Å². The van der Waals surface area contributed by atoms with E-state index in [1.165, 1.54) is 18.2 Å². The van der Waals surface area contributed by atoms with Crippen LogP contribution < -0.4 is 11.1 Å². The Morgan fingerprint density at radius 1 is 1.63 bits per heavy atom. The summed E-state index contributed by atoms with van der Waals surface area (Å²) < 4.78 is 18.9. The predicted molar refractivity (Wildman–Crippen MR) is 71.3 cm³/mol. The van der Waals surface area contributed by atoms with Gasteiger partial charge in [0.25, 0.3) is 0 Å². The van der Waals surface area contributed by atoms with Crippen molar-refractivity contribution < 1.29 is 13.9 Å². The van der Waals surface area contributed by atoms with Crippen molar-refractivity contribution in [2.24, 2.45) is 0 Å². The van der Waals surface area contributed by atoms with Crippen LogP contribution in [0.3, 0.4) is 0 Å². The summed E-state index contributed by atoms with van der Waals surface area (Å²) in [5.74, 6) is -0.739. The minimum Gasteiger partial charge on any atom is -0.399 e. The van der Waals surface area contributed by atoms with E-state index in [0.717, 1.165) is 0 Å². The molecule has 6 heteroatoms. The molecular formula is C13H18FN3O2. The number of anilines is 2. The Hall–Kier alpha value is -1.66. The highest BCUT2D eigenvalue weighted by molar-refractivity contribution is 5.92. The summed E-state index contributed by atoms with van der Waals surface area (Å²) in [4.78, 5) is 13.8. The first-order valence-electron chi connectivity index (χ1n) is 6.23. The summed E-state index contributed by atoms with van der Waals surface area (Å²) in [6.07, 6.45) is 0.116. The number of nitrogens with two attached hydrogens (primary N) is 1. The number of carbonyl (C=O) groups is 1. The molecule has 1 aromatic rings. The number of amides is 1. The monoisotopic (exact) mass is 267 g/mol. The molecule has 1 aromatic carbocycles. The van der Waals surface area contributed by atoms with E-state index >= 15 is 0 Å². The number of carbonyl (C=O) groups excluding carboxylic acids is 1. The van der Waals surface area contributed by atoms with Crippen LogP contribution in [0.4, 0.5) is 15.8 Å². The molecule has 1 saturated heterocycles. The Balaban J connectivity index is 1.92. The summed E-state index contributed by atoms with van der Waals surface area (Å²) >= 11 is 0. The lowest BCUT2D eigenvalue weighted by atomic mass is 10.2. The van der Waals surface area contributed by atoms with Gasteiger partial charge >= 0.3 is 0 Å². The van der Waals surface area contributed by atoms with E-state index in [2.05, 4.69) is 5.32 Å². The zero-order valence-corrected chi connectivity index (χ0v) is 10.9. The van der Waals surface area contributed by atoms with Crippen molar-refractivity contribution in [3.05, 3.63) is 24.0 Å².